The van der Waals surface area contributed by atoms with E-state index in [-0.39, 0.29) is 5.91 Å². The largest absolute Gasteiger partial charge is 0.353 e. The third kappa shape index (κ3) is 3.62. The van der Waals surface area contributed by atoms with Crippen molar-refractivity contribution in [2.75, 3.05) is 5.75 Å². The lowest BCUT2D eigenvalue weighted by atomic mass is 10.2. The Bertz CT molecular complexity index is 667. The van der Waals surface area contributed by atoms with Gasteiger partial charge in [0.2, 0.25) is 5.91 Å². The molecule has 0 bridgehead atoms. The maximum Gasteiger partial charge on any atom is 0.230 e. The zero-order chi connectivity index (χ0) is 15.5. The molecule has 3 rings (SSSR count). The lowest BCUT2D eigenvalue weighted by Crippen LogP contribution is -2.27. The summed E-state index contributed by atoms with van der Waals surface area (Å²) in [5.41, 5.74) is 0.966. The quantitative estimate of drug-likeness (QED) is 0.824. The van der Waals surface area contributed by atoms with Gasteiger partial charge in [0.25, 0.3) is 0 Å². The molecule has 22 heavy (non-hydrogen) atoms. The normalized spacial score (nSPS) is 14.1. The second-order valence-corrected chi connectivity index (χ2v) is 6.57. The van der Waals surface area contributed by atoms with Crippen LogP contribution in [-0.2, 0) is 11.3 Å². The molecule has 1 amide bonds. The molecule has 2 aromatic rings. The number of thioether (sulfide) groups is 1. The minimum Gasteiger partial charge on any atom is -0.353 e. The molecule has 1 aromatic heterocycles. The van der Waals surface area contributed by atoms with Crippen LogP contribution >= 0.6 is 23.4 Å². The molecule has 5 nitrogen and oxygen atoms in total. The Hall–Kier alpha value is -1.53. The highest BCUT2D eigenvalue weighted by Gasteiger charge is 2.23. The molecule has 1 fully saturated rings. The standard InChI is InChI=1S/C15H17ClN4OS/c1-2-20-14(10-3-5-11(16)6-4-10)18-19-15(20)22-9-13(21)17-12-7-8-12/h3-6,12H,2,7-9H2,1H3,(H,17,21). The van der Waals surface area contributed by atoms with Crippen LogP contribution in [0.1, 0.15) is 19.8 Å². The van der Waals surface area contributed by atoms with Crippen molar-refractivity contribution in [1.82, 2.24) is 20.1 Å². The van der Waals surface area contributed by atoms with E-state index in [2.05, 4.69) is 15.5 Å². The number of halogens is 1. The van der Waals surface area contributed by atoms with E-state index >= 15 is 0 Å². The van der Waals surface area contributed by atoms with Crippen molar-refractivity contribution in [3.63, 3.8) is 0 Å². The molecule has 0 unspecified atom stereocenters. The van der Waals surface area contributed by atoms with Crippen molar-refractivity contribution in [1.29, 1.82) is 0 Å². The molecule has 0 spiro atoms. The van der Waals surface area contributed by atoms with Gasteiger partial charge in [0.05, 0.1) is 5.75 Å². The van der Waals surface area contributed by atoms with Crippen molar-refractivity contribution < 1.29 is 4.79 Å². The number of aromatic nitrogens is 3. The van der Waals surface area contributed by atoms with E-state index in [1.54, 1.807) is 0 Å². The molecule has 0 atom stereocenters. The molecule has 1 saturated carbocycles. The fraction of sp³-hybridized carbons (Fsp3) is 0.400. The van der Waals surface area contributed by atoms with E-state index in [1.165, 1.54) is 11.8 Å². The van der Waals surface area contributed by atoms with Crippen molar-refractivity contribution in [2.24, 2.45) is 0 Å². The van der Waals surface area contributed by atoms with Crippen molar-refractivity contribution in [2.45, 2.75) is 37.5 Å². The fourth-order valence-corrected chi connectivity index (χ4v) is 3.06. The van der Waals surface area contributed by atoms with E-state index in [4.69, 9.17) is 11.6 Å². The molecule has 1 aliphatic carbocycles. The Labute approximate surface area is 138 Å². The number of rotatable bonds is 6. The third-order valence-corrected chi connectivity index (χ3v) is 4.63. The number of carbonyl (C=O) groups is 1. The molecule has 116 valence electrons. The van der Waals surface area contributed by atoms with Gasteiger partial charge in [0.15, 0.2) is 11.0 Å². The van der Waals surface area contributed by atoms with Gasteiger partial charge in [-0.25, -0.2) is 0 Å². The molecule has 0 aliphatic heterocycles. The van der Waals surface area contributed by atoms with Gasteiger partial charge in [0.1, 0.15) is 0 Å². The van der Waals surface area contributed by atoms with Gasteiger partial charge in [-0.1, -0.05) is 23.4 Å². The molecule has 1 aliphatic rings. The highest BCUT2D eigenvalue weighted by molar-refractivity contribution is 7.99. The predicted octanol–water partition coefficient (Wildman–Crippen LogP) is 2.99. The monoisotopic (exact) mass is 336 g/mol. The summed E-state index contributed by atoms with van der Waals surface area (Å²) < 4.78 is 2.01. The van der Waals surface area contributed by atoms with Crippen LogP contribution in [0.4, 0.5) is 0 Å². The summed E-state index contributed by atoms with van der Waals surface area (Å²) in [5.74, 6) is 1.23. The summed E-state index contributed by atoms with van der Waals surface area (Å²) in [6, 6.07) is 7.91. The summed E-state index contributed by atoms with van der Waals surface area (Å²) >= 11 is 7.34. The first kappa shape index (κ1) is 15.4. The molecule has 0 saturated heterocycles. The maximum atomic E-state index is 11.8. The van der Waals surface area contributed by atoms with Crippen LogP contribution in [0, 0.1) is 0 Å². The van der Waals surface area contributed by atoms with Crippen LogP contribution in [0.25, 0.3) is 11.4 Å². The van der Waals surface area contributed by atoms with Gasteiger partial charge in [-0.15, -0.1) is 10.2 Å². The van der Waals surface area contributed by atoms with Crippen LogP contribution in [-0.4, -0.2) is 32.5 Å². The number of benzene rings is 1. The summed E-state index contributed by atoms with van der Waals surface area (Å²) in [6.45, 7) is 2.79. The zero-order valence-electron chi connectivity index (χ0n) is 12.3. The topological polar surface area (TPSA) is 59.8 Å². The Morgan fingerprint density at radius 2 is 2.09 bits per heavy atom. The Morgan fingerprint density at radius 1 is 1.36 bits per heavy atom. The summed E-state index contributed by atoms with van der Waals surface area (Å²) in [7, 11) is 0. The molecular formula is C15H17ClN4OS. The number of carbonyl (C=O) groups excluding carboxylic acids is 1. The number of hydrogen-bond donors (Lipinski definition) is 1. The van der Waals surface area contributed by atoms with Crippen molar-refractivity contribution in [3.8, 4) is 11.4 Å². The highest BCUT2D eigenvalue weighted by atomic mass is 35.5. The first-order valence-electron chi connectivity index (χ1n) is 7.28. The highest BCUT2D eigenvalue weighted by Crippen LogP contribution is 2.25. The molecule has 0 radical (unpaired) electrons. The molecule has 7 heteroatoms. The first-order valence-corrected chi connectivity index (χ1v) is 8.65. The van der Waals surface area contributed by atoms with Crippen molar-refractivity contribution in [3.05, 3.63) is 29.3 Å². The van der Waals surface area contributed by atoms with Gasteiger partial charge in [-0.2, -0.15) is 0 Å². The molecule has 1 N–H and O–H groups in total. The average molecular weight is 337 g/mol. The van der Waals surface area contributed by atoms with Crippen molar-refractivity contribution >= 4 is 29.3 Å². The van der Waals surface area contributed by atoms with Gasteiger partial charge in [0, 0.05) is 23.2 Å². The van der Waals surface area contributed by atoms with Gasteiger partial charge in [-0.05, 0) is 44.0 Å². The minimum atomic E-state index is 0.0613. The van der Waals surface area contributed by atoms with Gasteiger partial charge in [-0.3, -0.25) is 4.79 Å². The van der Waals surface area contributed by atoms with Crippen LogP contribution in [0.2, 0.25) is 5.02 Å². The fourth-order valence-electron chi connectivity index (χ4n) is 2.12. The molecular weight excluding hydrogens is 320 g/mol. The van der Waals surface area contributed by atoms with E-state index in [9.17, 15) is 4.79 Å². The van der Waals surface area contributed by atoms with Gasteiger partial charge < -0.3 is 9.88 Å². The van der Waals surface area contributed by atoms with E-state index < -0.39 is 0 Å². The zero-order valence-corrected chi connectivity index (χ0v) is 13.8. The van der Waals surface area contributed by atoms with Crippen LogP contribution in [0.15, 0.2) is 29.4 Å². The second-order valence-electron chi connectivity index (χ2n) is 5.19. The number of amides is 1. The summed E-state index contributed by atoms with van der Waals surface area (Å²) in [5, 5.41) is 12.9. The molecule has 1 heterocycles. The maximum absolute atomic E-state index is 11.8. The first-order chi connectivity index (χ1) is 10.7. The lowest BCUT2D eigenvalue weighted by molar-refractivity contribution is -0.118. The summed E-state index contributed by atoms with van der Waals surface area (Å²) in [4.78, 5) is 11.8. The average Bonchev–Trinajstić information content (AvgIpc) is 3.23. The Kier molecular flexibility index (Phi) is 4.69. The number of nitrogens with zero attached hydrogens (tertiary/aromatic N) is 3. The van der Waals surface area contributed by atoms with E-state index in [0.29, 0.717) is 16.8 Å². The molecule has 1 aromatic carbocycles. The Balaban J connectivity index is 1.72. The van der Waals surface area contributed by atoms with E-state index in [1.807, 2.05) is 35.8 Å². The van der Waals surface area contributed by atoms with Crippen LogP contribution in [0.5, 0.6) is 0 Å². The van der Waals surface area contributed by atoms with Crippen LogP contribution < -0.4 is 5.32 Å². The minimum absolute atomic E-state index is 0.0613. The third-order valence-electron chi connectivity index (χ3n) is 3.41. The van der Waals surface area contributed by atoms with Crippen LogP contribution in [0.3, 0.4) is 0 Å². The second kappa shape index (κ2) is 6.71. The van der Waals surface area contributed by atoms with Gasteiger partial charge >= 0.3 is 0 Å². The van der Waals surface area contributed by atoms with E-state index in [0.717, 1.165) is 35.9 Å². The predicted molar refractivity (Wildman–Crippen MR) is 88.0 cm³/mol. The number of nitrogens with one attached hydrogen (secondary N) is 1. The smallest absolute Gasteiger partial charge is 0.230 e. The Morgan fingerprint density at radius 3 is 2.73 bits per heavy atom. The lowest BCUT2D eigenvalue weighted by Gasteiger charge is -2.07. The number of hydrogen-bond acceptors (Lipinski definition) is 4. The SMILES string of the molecule is CCn1c(SCC(=O)NC2CC2)nnc1-c1ccc(Cl)cc1. The summed E-state index contributed by atoms with van der Waals surface area (Å²) in [6.07, 6.45) is 2.20.